The van der Waals surface area contributed by atoms with Crippen LogP contribution in [0.2, 0.25) is 4.34 Å². The Morgan fingerprint density at radius 2 is 2.06 bits per heavy atom. The maximum absolute atomic E-state index is 12.4. The van der Waals surface area contributed by atoms with E-state index in [1.807, 2.05) is 24.3 Å². The normalized spacial score (nSPS) is 11.0. The largest absolute Gasteiger partial charge is 0.491 e. The fourth-order valence-electron chi connectivity index (χ4n) is 3.28. The number of ketones is 1. The first-order valence-electron chi connectivity index (χ1n) is 10.7. The number of carbonyl (C=O) groups excluding carboxylic acids is 1. The van der Waals surface area contributed by atoms with Gasteiger partial charge in [-0.25, -0.2) is 4.68 Å². The van der Waals surface area contributed by atoms with Gasteiger partial charge in [0.2, 0.25) is 0 Å². The molecular weight excluding hydrogens is 460 g/mol. The van der Waals surface area contributed by atoms with Gasteiger partial charge in [-0.05, 0) is 36.8 Å². The van der Waals surface area contributed by atoms with Crippen LogP contribution in [0.4, 0.5) is 0 Å². The Kier molecular flexibility index (Phi) is 7.36. The third-order valence-electron chi connectivity index (χ3n) is 5.04. The van der Waals surface area contributed by atoms with Gasteiger partial charge in [-0.2, -0.15) is 0 Å². The molecular formula is C24H23ClN4O3S. The summed E-state index contributed by atoms with van der Waals surface area (Å²) in [4.78, 5) is 25.2. The van der Waals surface area contributed by atoms with Crippen molar-refractivity contribution in [3.63, 3.8) is 0 Å². The Morgan fingerprint density at radius 1 is 1.18 bits per heavy atom. The quantitative estimate of drug-likeness (QED) is 0.231. The molecule has 0 radical (unpaired) electrons. The molecule has 4 aromatic rings. The highest BCUT2D eigenvalue weighted by Gasteiger charge is 2.14. The van der Waals surface area contributed by atoms with Crippen LogP contribution in [0.5, 0.6) is 5.75 Å². The number of aromatic nitrogens is 4. The number of hydrogen-bond donors (Lipinski definition) is 0. The minimum Gasteiger partial charge on any atom is -0.491 e. The molecule has 0 unspecified atom stereocenters. The summed E-state index contributed by atoms with van der Waals surface area (Å²) in [6, 6.07) is 14.0. The van der Waals surface area contributed by atoms with Gasteiger partial charge in [0, 0.05) is 31.2 Å². The van der Waals surface area contributed by atoms with Crippen molar-refractivity contribution in [3.05, 3.63) is 86.2 Å². The van der Waals surface area contributed by atoms with E-state index in [0.717, 1.165) is 12.8 Å². The number of aryl methyl sites for hydroxylation is 1. The van der Waals surface area contributed by atoms with Crippen molar-refractivity contribution < 1.29 is 9.53 Å². The molecule has 0 amide bonds. The molecule has 0 saturated heterocycles. The van der Waals surface area contributed by atoms with Crippen molar-refractivity contribution in [1.29, 1.82) is 0 Å². The predicted molar refractivity (Wildman–Crippen MR) is 129 cm³/mol. The van der Waals surface area contributed by atoms with Crippen molar-refractivity contribution in [3.8, 4) is 17.1 Å². The Balaban J connectivity index is 1.56. The number of hydrogen-bond acceptors (Lipinski definition) is 6. The van der Waals surface area contributed by atoms with E-state index in [4.69, 9.17) is 16.3 Å². The van der Waals surface area contributed by atoms with Gasteiger partial charge in [0.05, 0.1) is 33.4 Å². The molecule has 170 valence electrons. The van der Waals surface area contributed by atoms with Crippen molar-refractivity contribution >= 4 is 28.7 Å². The number of unbranched alkanes of at least 4 members (excludes halogenated alkanes) is 1. The van der Waals surface area contributed by atoms with E-state index in [2.05, 4.69) is 17.2 Å². The van der Waals surface area contributed by atoms with E-state index >= 15 is 0 Å². The minimum atomic E-state index is -0.121. The van der Waals surface area contributed by atoms with Crippen LogP contribution in [0, 0.1) is 0 Å². The lowest BCUT2D eigenvalue weighted by atomic mass is 10.1. The number of Topliss-reactive ketones (excluding diaryl/α,β-unsaturated/α-hetero) is 1. The molecule has 33 heavy (non-hydrogen) atoms. The van der Waals surface area contributed by atoms with Crippen LogP contribution < -0.4 is 10.3 Å². The fourth-order valence-corrected chi connectivity index (χ4v) is 4.29. The van der Waals surface area contributed by atoms with E-state index in [1.54, 1.807) is 39.8 Å². The molecule has 0 N–H and O–H groups in total. The Bertz CT molecular complexity index is 1310. The summed E-state index contributed by atoms with van der Waals surface area (Å²) in [7, 11) is 0. The van der Waals surface area contributed by atoms with E-state index in [-0.39, 0.29) is 11.3 Å². The molecule has 0 fully saturated rings. The molecule has 3 heterocycles. The topological polar surface area (TPSA) is 79.0 Å². The molecule has 4 rings (SSSR count). The summed E-state index contributed by atoms with van der Waals surface area (Å²) in [6.45, 7) is 2.65. The van der Waals surface area contributed by atoms with Gasteiger partial charge in [-0.3, -0.25) is 14.2 Å². The third kappa shape index (κ3) is 5.58. The van der Waals surface area contributed by atoms with Gasteiger partial charge in [-0.15, -0.1) is 16.4 Å². The summed E-state index contributed by atoms with van der Waals surface area (Å²) in [5.74, 6) is 0.639. The first-order valence-corrected chi connectivity index (χ1v) is 11.9. The van der Waals surface area contributed by atoms with Gasteiger partial charge < -0.3 is 4.74 Å². The summed E-state index contributed by atoms with van der Waals surface area (Å²) < 4.78 is 9.83. The van der Waals surface area contributed by atoms with Crippen molar-refractivity contribution in [2.24, 2.45) is 0 Å². The summed E-state index contributed by atoms with van der Waals surface area (Å²) in [5, 5.41) is 8.46. The van der Waals surface area contributed by atoms with Crippen molar-refractivity contribution in [2.75, 3.05) is 6.61 Å². The van der Waals surface area contributed by atoms with Crippen LogP contribution >= 0.6 is 22.9 Å². The van der Waals surface area contributed by atoms with Gasteiger partial charge >= 0.3 is 0 Å². The van der Waals surface area contributed by atoms with Crippen LogP contribution in [-0.2, 0) is 6.42 Å². The molecule has 3 aromatic heterocycles. The second-order valence-corrected chi connectivity index (χ2v) is 9.16. The number of pyridine rings is 1. The highest BCUT2D eigenvalue weighted by atomic mass is 35.5. The average Bonchev–Trinajstić information content (AvgIpc) is 3.47. The van der Waals surface area contributed by atoms with Crippen LogP contribution in [0.1, 0.15) is 41.6 Å². The molecule has 0 atom stereocenters. The molecule has 0 aliphatic heterocycles. The Labute approximate surface area is 200 Å². The average molecular weight is 483 g/mol. The lowest BCUT2D eigenvalue weighted by Crippen LogP contribution is -2.16. The number of thiophene rings is 1. The summed E-state index contributed by atoms with van der Waals surface area (Å²) in [6.07, 6.45) is 6.23. The predicted octanol–water partition coefficient (Wildman–Crippen LogP) is 5.13. The van der Waals surface area contributed by atoms with Crippen molar-refractivity contribution in [1.82, 2.24) is 19.6 Å². The second kappa shape index (κ2) is 10.6. The maximum Gasteiger partial charge on any atom is 0.255 e. The maximum atomic E-state index is 12.4. The molecule has 0 aliphatic carbocycles. The van der Waals surface area contributed by atoms with Gasteiger partial charge in [0.25, 0.3) is 5.56 Å². The van der Waals surface area contributed by atoms with E-state index < -0.39 is 0 Å². The SMILES string of the molecule is CCCCOc1cc(-n2ccccc2=O)ccc1-n1cc(CCC(=O)c2ccc(Cl)s2)nn1. The number of halogens is 1. The standard InChI is InChI=1S/C24H23ClN4O3S/c1-2-3-14-32-21-15-18(28-13-5-4-6-24(28)31)8-9-19(21)29-16-17(26-27-29)7-10-20(30)22-11-12-23(25)33-22/h4-6,8-9,11-13,15-16H,2-3,7,10,14H2,1H3. The van der Waals surface area contributed by atoms with Crippen LogP contribution in [0.15, 0.2) is 65.7 Å². The smallest absolute Gasteiger partial charge is 0.255 e. The van der Waals surface area contributed by atoms with Crippen LogP contribution in [-0.4, -0.2) is 32.0 Å². The lowest BCUT2D eigenvalue weighted by Gasteiger charge is -2.13. The molecule has 0 saturated carbocycles. The summed E-state index contributed by atoms with van der Waals surface area (Å²) in [5.41, 5.74) is 2.00. The number of carbonyl (C=O) groups is 1. The van der Waals surface area contributed by atoms with Gasteiger partial charge in [0.15, 0.2) is 5.78 Å². The zero-order valence-corrected chi connectivity index (χ0v) is 19.7. The van der Waals surface area contributed by atoms with Crippen LogP contribution in [0.3, 0.4) is 0 Å². The Morgan fingerprint density at radius 3 is 2.82 bits per heavy atom. The van der Waals surface area contributed by atoms with Crippen molar-refractivity contribution in [2.45, 2.75) is 32.6 Å². The number of rotatable bonds is 10. The first-order chi connectivity index (χ1) is 16.0. The zero-order chi connectivity index (χ0) is 23.2. The number of benzene rings is 1. The van der Waals surface area contributed by atoms with E-state index in [1.165, 1.54) is 17.4 Å². The van der Waals surface area contributed by atoms with Crippen LogP contribution in [0.25, 0.3) is 11.4 Å². The molecule has 9 heteroatoms. The van der Waals surface area contributed by atoms with E-state index in [9.17, 15) is 9.59 Å². The van der Waals surface area contributed by atoms with E-state index in [0.29, 0.717) is 51.5 Å². The zero-order valence-electron chi connectivity index (χ0n) is 18.1. The Hall–Kier alpha value is -3.23. The molecule has 7 nitrogen and oxygen atoms in total. The highest BCUT2D eigenvalue weighted by Crippen LogP contribution is 2.26. The molecule has 0 bridgehead atoms. The third-order valence-corrected chi connectivity index (χ3v) is 6.32. The van der Waals surface area contributed by atoms with Gasteiger partial charge in [0.1, 0.15) is 11.4 Å². The molecule has 0 spiro atoms. The van der Waals surface area contributed by atoms with Gasteiger partial charge in [-0.1, -0.05) is 36.2 Å². The number of ether oxygens (including phenoxy) is 1. The molecule has 0 aliphatic rings. The second-order valence-electron chi connectivity index (χ2n) is 7.44. The first kappa shape index (κ1) is 22.9. The summed E-state index contributed by atoms with van der Waals surface area (Å²) >= 11 is 7.20. The fraction of sp³-hybridized carbons (Fsp3) is 0.250. The minimum absolute atomic E-state index is 0.0303. The highest BCUT2D eigenvalue weighted by molar-refractivity contribution is 7.18. The lowest BCUT2D eigenvalue weighted by molar-refractivity contribution is 0.0986. The monoisotopic (exact) mass is 482 g/mol. The molecule has 1 aromatic carbocycles. The number of nitrogens with zero attached hydrogens (tertiary/aromatic N) is 4.